The lowest BCUT2D eigenvalue weighted by atomic mass is 10.1. The van der Waals surface area contributed by atoms with E-state index in [4.69, 9.17) is 11.6 Å². The van der Waals surface area contributed by atoms with E-state index < -0.39 is 0 Å². The zero-order valence-corrected chi connectivity index (χ0v) is 14.2. The van der Waals surface area contributed by atoms with Gasteiger partial charge in [0.05, 0.1) is 6.42 Å². The van der Waals surface area contributed by atoms with E-state index in [9.17, 15) is 4.79 Å². The first-order valence-electron chi connectivity index (χ1n) is 7.42. The minimum atomic E-state index is 0.154. The van der Waals surface area contributed by atoms with Crippen LogP contribution in [0.25, 0.3) is 0 Å². The lowest BCUT2D eigenvalue weighted by Gasteiger charge is -2.38. The van der Waals surface area contributed by atoms with Gasteiger partial charge in [-0.05, 0) is 17.7 Å². The van der Waals surface area contributed by atoms with Crippen LogP contribution in [-0.4, -0.2) is 73.9 Å². The zero-order valence-electron chi connectivity index (χ0n) is 13.4. The topological polar surface area (TPSA) is 39.1 Å². The van der Waals surface area contributed by atoms with E-state index in [1.165, 1.54) is 0 Å². The second-order valence-electron chi connectivity index (χ2n) is 5.59. The number of nitrogens with zero attached hydrogens (tertiary/aromatic N) is 4. The van der Waals surface area contributed by atoms with Gasteiger partial charge >= 0.3 is 0 Å². The molecule has 120 valence electrons. The first kappa shape index (κ1) is 16.6. The molecule has 0 aromatic heterocycles. The number of halogens is 1. The Hall–Kier alpha value is -1.75. The van der Waals surface area contributed by atoms with Crippen molar-refractivity contribution in [2.45, 2.75) is 6.42 Å². The summed E-state index contributed by atoms with van der Waals surface area (Å²) in [6.07, 6.45) is 0.406. The number of hydrogen-bond acceptors (Lipinski definition) is 2. The third kappa shape index (κ3) is 4.13. The molecule has 1 heterocycles. The van der Waals surface area contributed by atoms with Crippen molar-refractivity contribution >= 4 is 23.5 Å². The Labute approximate surface area is 137 Å². The Morgan fingerprint density at radius 2 is 1.86 bits per heavy atom. The quantitative estimate of drug-likeness (QED) is 0.613. The summed E-state index contributed by atoms with van der Waals surface area (Å²) in [5.41, 5.74) is 0.962. The van der Waals surface area contributed by atoms with Crippen LogP contribution in [0, 0.1) is 0 Å². The van der Waals surface area contributed by atoms with E-state index in [0.29, 0.717) is 11.4 Å². The molecule has 0 spiro atoms. The molecule has 0 radical (unpaired) electrons. The molecule has 0 aliphatic carbocycles. The summed E-state index contributed by atoms with van der Waals surface area (Å²) in [4.78, 5) is 22.8. The van der Waals surface area contributed by atoms with Crippen LogP contribution in [0.4, 0.5) is 0 Å². The number of guanidine groups is 1. The van der Waals surface area contributed by atoms with Crippen LogP contribution in [0.1, 0.15) is 5.56 Å². The maximum atomic E-state index is 12.4. The Kier molecular flexibility index (Phi) is 5.66. The predicted octanol–water partition coefficient (Wildman–Crippen LogP) is 1.57. The molecule has 0 unspecified atom stereocenters. The average molecular weight is 323 g/mol. The van der Waals surface area contributed by atoms with E-state index in [0.717, 1.165) is 37.7 Å². The minimum Gasteiger partial charge on any atom is -0.349 e. The van der Waals surface area contributed by atoms with Crippen LogP contribution in [0.15, 0.2) is 29.3 Å². The van der Waals surface area contributed by atoms with Crippen molar-refractivity contribution in [2.24, 2.45) is 4.99 Å². The van der Waals surface area contributed by atoms with Crippen molar-refractivity contribution in [3.05, 3.63) is 34.9 Å². The first-order valence-corrected chi connectivity index (χ1v) is 7.80. The molecule has 0 N–H and O–H groups in total. The Morgan fingerprint density at radius 3 is 2.41 bits per heavy atom. The van der Waals surface area contributed by atoms with Gasteiger partial charge in [0.15, 0.2) is 5.96 Å². The molecular formula is C16H23ClN4O. The largest absolute Gasteiger partial charge is 0.349 e. The number of carbonyl (C=O) groups excluding carboxylic acids is 1. The zero-order chi connectivity index (χ0) is 16.1. The van der Waals surface area contributed by atoms with Crippen molar-refractivity contribution in [1.29, 1.82) is 0 Å². The van der Waals surface area contributed by atoms with E-state index in [-0.39, 0.29) is 5.91 Å². The predicted molar refractivity (Wildman–Crippen MR) is 90.4 cm³/mol. The number of carbonyl (C=O) groups is 1. The molecule has 6 heteroatoms. The molecule has 22 heavy (non-hydrogen) atoms. The van der Waals surface area contributed by atoms with Gasteiger partial charge in [-0.3, -0.25) is 9.79 Å². The van der Waals surface area contributed by atoms with Gasteiger partial charge in [0.1, 0.15) is 0 Å². The number of amides is 1. The van der Waals surface area contributed by atoms with Crippen molar-refractivity contribution in [1.82, 2.24) is 14.7 Å². The van der Waals surface area contributed by atoms with Gasteiger partial charge in [0.25, 0.3) is 0 Å². The minimum absolute atomic E-state index is 0.154. The van der Waals surface area contributed by atoms with Gasteiger partial charge in [0.2, 0.25) is 5.91 Å². The summed E-state index contributed by atoms with van der Waals surface area (Å²) >= 11 is 5.96. The number of hydrogen-bond donors (Lipinski definition) is 0. The first-order chi connectivity index (χ1) is 10.5. The van der Waals surface area contributed by atoms with Crippen LogP contribution in [0.3, 0.4) is 0 Å². The highest BCUT2D eigenvalue weighted by Crippen LogP contribution is 2.13. The Balaban J connectivity index is 1.90. The van der Waals surface area contributed by atoms with Crippen molar-refractivity contribution < 1.29 is 4.79 Å². The smallest absolute Gasteiger partial charge is 0.227 e. The van der Waals surface area contributed by atoms with Crippen molar-refractivity contribution in [3.63, 3.8) is 0 Å². The molecule has 1 aliphatic rings. The molecule has 1 amide bonds. The molecule has 5 nitrogen and oxygen atoms in total. The Morgan fingerprint density at radius 1 is 1.23 bits per heavy atom. The highest BCUT2D eigenvalue weighted by atomic mass is 35.5. The normalized spacial score (nSPS) is 15.9. The summed E-state index contributed by atoms with van der Waals surface area (Å²) in [6, 6.07) is 7.49. The van der Waals surface area contributed by atoms with Gasteiger partial charge in [-0.15, -0.1) is 0 Å². The van der Waals surface area contributed by atoms with Gasteiger partial charge in [-0.1, -0.05) is 23.7 Å². The highest BCUT2D eigenvalue weighted by Gasteiger charge is 2.23. The highest BCUT2D eigenvalue weighted by molar-refractivity contribution is 6.30. The van der Waals surface area contributed by atoms with Crippen molar-refractivity contribution in [2.75, 3.05) is 47.3 Å². The number of rotatable bonds is 2. The Bertz CT molecular complexity index is 551. The summed E-state index contributed by atoms with van der Waals surface area (Å²) in [5.74, 6) is 1.11. The molecule has 1 aliphatic heterocycles. The van der Waals surface area contributed by atoms with Crippen LogP contribution in [0.2, 0.25) is 5.02 Å². The third-order valence-corrected chi connectivity index (χ3v) is 3.99. The van der Waals surface area contributed by atoms with Gasteiger partial charge < -0.3 is 14.7 Å². The average Bonchev–Trinajstić information content (AvgIpc) is 2.48. The molecular weight excluding hydrogens is 300 g/mol. The molecule has 1 fully saturated rings. The SMILES string of the molecule is CN=C(N(C)C)N1CCN(C(=O)Cc2cccc(Cl)c2)CC1. The van der Waals surface area contributed by atoms with Gasteiger partial charge in [0, 0.05) is 52.3 Å². The maximum absolute atomic E-state index is 12.4. The molecule has 1 aromatic rings. The summed E-state index contributed by atoms with van der Waals surface area (Å²) in [7, 11) is 5.77. The van der Waals surface area contributed by atoms with Crippen LogP contribution >= 0.6 is 11.6 Å². The van der Waals surface area contributed by atoms with E-state index in [2.05, 4.69) is 9.89 Å². The molecule has 1 aromatic carbocycles. The molecule has 1 saturated heterocycles. The number of piperazine rings is 1. The fourth-order valence-corrected chi connectivity index (χ4v) is 2.93. The summed E-state index contributed by atoms with van der Waals surface area (Å²) in [6.45, 7) is 3.08. The van der Waals surface area contributed by atoms with Gasteiger partial charge in [-0.25, -0.2) is 0 Å². The van der Waals surface area contributed by atoms with Crippen molar-refractivity contribution in [3.8, 4) is 0 Å². The number of benzene rings is 1. The van der Waals surface area contributed by atoms with Crippen LogP contribution < -0.4 is 0 Å². The van der Waals surface area contributed by atoms with Gasteiger partial charge in [-0.2, -0.15) is 0 Å². The molecule has 0 bridgehead atoms. The maximum Gasteiger partial charge on any atom is 0.227 e. The molecule has 2 rings (SSSR count). The summed E-state index contributed by atoms with van der Waals surface area (Å²) in [5, 5.41) is 0.671. The monoisotopic (exact) mass is 322 g/mol. The standard InChI is InChI=1S/C16H23ClN4O/c1-18-16(19(2)3)21-9-7-20(8-10-21)15(22)12-13-5-4-6-14(17)11-13/h4-6,11H,7-10,12H2,1-3H3. The second-order valence-corrected chi connectivity index (χ2v) is 6.03. The van der Waals surface area contributed by atoms with Crippen LogP contribution in [-0.2, 0) is 11.2 Å². The molecule has 0 atom stereocenters. The lowest BCUT2D eigenvalue weighted by molar-refractivity contribution is -0.131. The number of aliphatic imine (C=N–C) groups is 1. The van der Waals surface area contributed by atoms with E-state index >= 15 is 0 Å². The second kappa shape index (κ2) is 7.49. The van der Waals surface area contributed by atoms with E-state index in [1.807, 2.05) is 48.2 Å². The fraction of sp³-hybridized carbons (Fsp3) is 0.500. The van der Waals surface area contributed by atoms with Crippen LogP contribution in [0.5, 0.6) is 0 Å². The molecule has 0 saturated carbocycles. The summed E-state index contributed by atoms with van der Waals surface area (Å²) < 4.78 is 0. The third-order valence-electron chi connectivity index (χ3n) is 3.76. The lowest BCUT2D eigenvalue weighted by Crippen LogP contribution is -2.53. The van der Waals surface area contributed by atoms with E-state index in [1.54, 1.807) is 7.05 Å². The fourth-order valence-electron chi connectivity index (χ4n) is 2.71.